The standard InChI is InChI=1S/C7H6BrF2N3O2/c8-4-3(1-11)2-12-5(7(9)10)6(4)13(14)15/h2,7H,1,11H2. The molecule has 1 aromatic heterocycles. The summed E-state index contributed by atoms with van der Waals surface area (Å²) in [5, 5.41) is 10.6. The number of halogens is 3. The summed E-state index contributed by atoms with van der Waals surface area (Å²) in [6.45, 7) is -0.0159. The van der Waals surface area contributed by atoms with Crippen molar-refractivity contribution in [1.82, 2.24) is 4.98 Å². The highest BCUT2D eigenvalue weighted by Gasteiger charge is 2.28. The lowest BCUT2D eigenvalue weighted by Crippen LogP contribution is -2.05. The van der Waals surface area contributed by atoms with Crippen LogP contribution < -0.4 is 5.73 Å². The van der Waals surface area contributed by atoms with Gasteiger partial charge in [0.25, 0.3) is 6.43 Å². The number of nitrogens with zero attached hydrogens (tertiary/aromatic N) is 2. The monoisotopic (exact) mass is 281 g/mol. The van der Waals surface area contributed by atoms with E-state index in [0.717, 1.165) is 6.20 Å². The summed E-state index contributed by atoms with van der Waals surface area (Å²) in [6.07, 6.45) is -1.90. The molecule has 0 saturated carbocycles. The van der Waals surface area contributed by atoms with Crippen molar-refractivity contribution in [3.8, 4) is 0 Å². The van der Waals surface area contributed by atoms with Gasteiger partial charge in [-0.05, 0) is 15.9 Å². The summed E-state index contributed by atoms with van der Waals surface area (Å²) in [6, 6.07) is 0. The molecule has 15 heavy (non-hydrogen) atoms. The highest BCUT2D eigenvalue weighted by atomic mass is 79.9. The first-order chi connectivity index (χ1) is 6.99. The Labute approximate surface area is 91.6 Å². The van der Waals surface area contributed by atoms with Gasteiger partial charge in [-0.15, -0.1) is 0 Å². The molecule has 0 fully saturated rings. The van der Waals surface area contributed by atoms with E-state index < -0.39 is 22.7 Å². The lowest BCUT2D eigenvalue weighted by Gasteiger charge is -2.05. The summed E-state index contributed by atoms with van der Waals surface area (Å²) in [5.41, 5.74) is 3.99. The van der Waals surface area contributed by atoms with Gasteiger partial charge in [-0.2, -0.15) is 0 Å². The number of alkyl halides is 2. The van der Waals surface area contributed by atoms with E-state index >= 15 is 0 Å². The van der Waals surface area contributed by atoms with Crippen LogP contribution in [-0.4, -0.2) is 9.91 Å². The Morgan fingerprint density at radius 1 is 1.67 bits per heavy atom. The van der Waals surface area contributed by atoms with Gasteiger partial charge in [-0.3, -0.25) is 10.1 Å². The summed E-state index contributed by atoms with van der Waals surface area (Å²) in [4.78, 5) is 13.0. The molecule has 0 aromatic carbocycles. The van der Waals surface area contributed by atoms with Crippen molar-refractivity contribution in [2.45, 2.75) is 13.0 Å². The average molecular weight is 282 g/mol. The van der Waals surface area contributed by atoms with Crippen LogP contribution >= 0.6 is 15.9 Å². The molecule has 82 valence electrons. The normalized spacial score (nSPS) is 10.7. The van der Waals surface area contributed by atoms with E-state index in [1.165, 1.54) is 0 Å². The molecule has 0 bridgehead atoms. The molecule has 2 N–H and O–H groups in total. The Morgan fingerprint density at radius 2 is 2.27 bits per heavy atom. The predicted molar refractivity (Wildman–Crippen MR) is 51.4 cm³/mol. The van der Waals surface area contributed by atoms with E-state index in [2.05, 4.69) is 20.9 Å². The minimum Gasteiger partial charge on any atom is -0.326 e. The molecule has 0 aliphatic carbocycles. The molecule has 8 heteroatoms. The molecule has 1 rings (SSSR count). The molecule has 0 aliphatic heterocycles. The molecule has 1 heterocycles. The summed E-state index contributed by atoms with van der Waals surface area (Å²) < 4.78 is 24.7. The fraction of sp³-hybridized carbons (Fsp3) is 0.286. The Kier molecular flexibility index (Phi) is 3.64. The maximum Gasteiger partial charge on any atom is 0.311 e. The van der Waals surface area contributed by atoms with Gasteiger partial charge < -0.3 is 5.73 Å². The quantitative estimate of drug-likeness (QED) is 0.680. The minimum atomic E-state index is -2.99. The highest BCUT2D eigenvalue weighted by Crippen LogP contribution is 2.35. The number of nitro groups is 1. The van der Waals surface area contributed by atoms with Gasteiger partial charge in [0.05, 0.1) is 4.92 Å². The number of aromatic nitrogens is 1. The van der Waals surface area contributed by atoms with E-state index in [-0.39, 0.29) is 11.0 Å². The molecular formula is C7H6BrF2N3O2. The third kappa shape index (κ3) is 2.26. The molecule has 0 atom stereocenters. The zero-order valence-corrected chi connectivity index (χ0v) is 8.87. The Bertz CT molecular complexity index is 400. The van der Waals surface area contributed by atoms with Gasteiger partial charge >= 0.3 is 5.69 Å². The van der Waals surface area contributed by atoms with Crippen molar-refractivity contribution in [2.75, 3.05) is 0 Å². The summed E-state index contributed by atoms with van der Waals surface area (Å²) in [5.74, 6) is 0. The van der Waals surface area contributed by atoms with Crippen LogP contribution in [0, 0.1) is 10.1 Å². The van der Waals surface area contributed by atoms with Crippen LogP contribution in [0.4, 0.5) is 14.5 Å². The fourth-order valence-electron chi connectivity index (χ4n) is 1.01. The molecule has 1 aromatic rings. The van der Waals surface area contributed by atoms with Gasteiger partial charge in [-0.25, -0.2) is 13.8 Å². The van der Waals surface area contributed by atoms with Crippen molar-refractivity contribution in [2.24, 2.45) is 5.73 Å². The van der Waals surface area contributed by atoms with Gasteiger partial charge in [0.2, 0.25) is 0 Å². The number of rotatable bonds is 3. The van der Waals surface area contributed by atoms with E-state index in [9.17, 15) is 18.9 Å². The topological polar surface area (TPSA) is 82.0 Å². The van der Waals surface area contributed by atoms with Gasteiger partial charge in [0, 0.05) is 18.3 Å². The highest BCUT2D eigenvalue weighted by molar-refractivity contribution is 9.10. The number of nitrogens with two attached hydrogens (primary N) is 1. The third-order valence-electron chi connectivity index (χ3n) is 1.70. The second-order valence-corrected chi connectivity index (χ2v) is 3.39. The molecule has 0 aliphatic rings. The number of hydrogen-bond acceptors (Lipinski definition) is 4. The maximum absolute atomic E-state index is 12.4. The van der Waals surface area contributed by atoms with Crippen molar-refractivity contribution in [1.29, 1.82) is 0 Å². The molecule has 0 saturated heterocycles. The zero-order valence-electron chi connectivity index (χ0n) is 7.28. The first-order valence-corrected chi connectivity index (χ1v) is 4.58. The second kappa shape index (κ2) is 4.58. The number of pyridine rings is 1. The van der Waals surface area contributed by atoms with E-state index in [0.29, 0.717) is 5.56 Å². The average Bonchev–Trinajstić information content (AvgIpc) is 2.16. The summed E-state index contributed by atoms with van der Waals surface area (Å²) in [7, 11) is 0. The van der Waals surface area contributed by atoms with Crippen molar-refractivity contribution >= 4 is 21.6 Å². The minimum absolute atomic E-state index is 0.0159. The lowest BCUT2D eigenvalue weighted by molar-refractivity contribution is -0.387. The smallest absolute Gasteiger partial charge is 0.311 e. The molecule has 0 amide bonds. The zero-order chi connectivity index (χ0) is 11.6. The molecule has 0 radical (unpaired) electrons. The van der Waals surface area contributed by atoms with Crippen molar-refractivity contribution < 1.29 is 13.7 Å². The lowest BCUT2D eigenvalue weighted by atomic mass is 10.2. The van der Waals surface area contributed by atoms with Crippen LogP contribution in [0.5, 0.6) is 0 Å². The molecule has 5 nitrogen and oxygen atoms in total. The van der Waals surface area contributed by atoms with Gasteiger partial charge in [0.15, 0.2) is 5.69 Å². The first-order valence-electron chi connectivity index (χ1n) is 3.79. The van der Waals surface area contributed by atoms with Crippen LogP contribution in [-0.2, 0) is 6.54 Å². The Balaban J connectivity index is 3.44. The number of hydrogen-bond donors (Lipinski definition) is 1. The van der Waals surface area contributed by atoms with E-state index in [1.807, 2.05) is 0 Å². The SMILES string of the molecule is NCc1cnc(C(F)F)c([N+](=O)[O-])c1Br. The van der Waals surface area contributed by atoms with Crippen LogP contribution in [0.3, 0.4) is 0 Å². The second-order valence-electron chi connectivity index (χ2n) is 2.59. The van der Waals surface area contributed by atoms with E-state index in [4.69, 9.17) is 5.73 Å². The molecule has 0 unspecified atom stereocenters. The first kappa shape index (κ1) is 11.9. The van der Waals surface area contributed by atoms with Crippen LogP contribution in [0.15, 0.2) is 10.7 Å². The van der Waals surface area contributed by atoms with E-state index in [1.54, 1.807) is 0 Å². The van der Waals surface area contributed by atoms with Crippen LogP contribution in [0.25, 0.3) is 0 Å². The molecular weight excluding hydrogens is 276 g/mol. The third-order valence-corrected chi connectivity index (χ3v) is 2.59. The van der Waals surface area contributed by atoms with Crippen molar-refractivity contribution in [3.63, 3.8) is 0 Å². The van der Waals surface area contributed by atoms with Crippen molar-refractivity contribution in [3.05, 3.63) is 32.0 Å². The summed E-state index contributed by atoms with van der Waals surface area (Å²) >= 11 is 2.87. The predicted octanol–water partition coefficient (Wildman–Crippen LogP) is 2.15. The van der Waals surface area contributed by atoms with Crippen LogP contribution in [0.1, 0.15) is 17.7 Å². The fourth-order valence-corrected chi connectivity index (χ4v) is 1.62. The Hall–Kier alpha value is -1.15. The van der Waals surface area contributed by atoms with Gasteiger partial charge in [0.1, 0.15) is 4.47 Å². The molecule has 0 spiro atoms. The Morgan fingerprint density at radius 3 is 2.67 bits per heavy atom. The van der Waals surface area contributed by atoms with Crippen LogP contribution in [0.2, 0.25) is 0 Å². The largest absolute Gasteiger partial charge is 0.326 e. The van der Waals surface area contributed by atoms with Gasteiger partial charge in [-0.1, -0.05) is 0 Å². The maximum atomic E-state index is 12.4.